The largest absolute Gasteiger partial charge is 0.324 e. The van der Waals surface area contributed by atoms with Crippen LogP contribution in [0, 0.1) is 6.92 Å². The van der Waals surface area contributed by atoms with Gasteiger partial charge >= 0.3 is 0 Å². The van der Waals surface area contributed by atoms with E-state index in [-0.39, 0.29) is 24.2 Å². The topological polar surface area (TPSA) is 88.9 Å². The molecule has 2 amide bonds. The van der Waals surface area contributed by atoms with Crippen molar-refractivity contribution in [3.8, 4) is 11.4 Å². The molecule has 8 heteroatoms. The summed E-state index contributed by atoms with van der Waals surface area (Å²) in [6.45, 7) is 1.82. The average molecular weight is 382 g/mol. The number of carbonyl (C=O) groups is 2. The van der Waals surface area contributed by atoms with E-state index >= 15 is 0 Å². The fraction of sp³-hybridized carbons (Fsp3) is 0.158. The highest BCUT2D eigenvalue weighted by Gasteiger charge is 2.33. The molecule has 0 fully saturated rings. The van der Waals surface area contributed by atoms with Gasteiger partial charge < -0.3 is 5.32 Å². The molecule has 3 aromatic rings. The van der Waals surface area contributed by atoms with Crippen molar-refractivity contribution in [1.82, 2.24) is 14.8 Å². The third-order valence-electron chi connectivity index (χ3n) is 4.42. The Morgan fingerprint density at radius 2 is 2.00 bits per heavy atom. The summed E-state index contributed by atoms with van der Waals surface area (Å²) in [4.78, 5) is 29.3. The maximum absolute atomic E-state index is 12.9. The van der Waals surface area contributed by atoms with Crippen LogP contribution in [0.2, 0.25) is 5.02 Å². The first-order valence-corrected chi connectivity index (χ1v) is 8.78. The maximum atomic E-state index is 12.9. The highest BCUT2D eigenvalue weighted by Crippen LogP contribution is 2.29. The lowest BCUT2D eigenvalue weighted by molar-refractivity contribution is -0.125. The molecule has 7 nitrogen and oxygen atoms in total. The number of amides is 2. The number of aromatic nitrogens is 3. The van der Waals surface area contributed by atoms with E-state index in [1.807, 2.05) is 37.3 Å². The molecule has 136 valence electrons. The molecule has 0 saturated carbocycles. The highest BCUT2D eigenvalue weighted by molar-refractivity contribution is 6.31. The summed E-state index contributed by atoms with van der Waals surface area (Å²) in [6, 6.07) is 13.9. The molecule has 2 heterocycles. The molecule has 0 aliphatic carbocycles. The Hall–Kier alpha value is -3.19. The Morgan fingerprint density at radius 1 is 1.22 bits per heavy atom. The summed E-state index contributed by atoms with van der Waals surface area (Å²) < 4.78 is 1.46. The molecule has 1 unspecified atom stereocenters. The summed E-state index contributed by atoms with van der Waals surface area (Å²) >= 11 is 6.12. The Morgan fingerprint density at radius 3 is 2.78 bits per heavy atom. The monoisotopic (exact) mass is 381 g/mol. The van der Waals surface area contributed by atoms with E-state index in [9.17, 15) is 9.59 Å². The molecular weight excluding hydrogens is 366 g/mol. The van der Waals surface area contributed by atoms with E-state index in [2.05, 4.69) is 20.7 Å². The van der Waals surface area contributed by atoms with Crippen molar-refractivity contribution < 1.29 is 9.59 Å². The van der Waals surface area contributed by atoms with Gasteiger partial charge in [0.05, 0.1) is 6.42 Å². The zero-order valence-electron chi connectivity index (χ0n) is 14.4. The van der Waals surface area contributed by atoms with E-state index in [1.165, 1.54) is 4.68 Å². The Labute approximate surface area is 160 Å². The maximum Gasteiger partial charge on any atom is 0.249 e. The zero-order chi connectivity index (χ0) is 19.0. The van der Waals surface area contributed by atoms with E-state index in [1.54, 1.807) is 18.2 Å². The normalized spacial score (nSPS) is 15.8. The van der Waals surface area contributed by atoms with Gasteiger partial charge in [0.1, 0.15) is 6.04 Å². The second-order valence-corrected chi connectivity index (χ2v) is 6.65. The van der Waals surface area contributed by atoms with Crippen LogP contribution < -0.4 is 10.6 Å². The fourth-order valence-electron chi connectivity index (χ4n) is 2.94. The Bertz CT molecular complexity index is 1030. The van der Waals surface area contributed by atoms with Crippen LogP contribution in [0.3, 0.4) is 0 Å². The van der Waals surface area contributed by atoms with Gasteiger partial charge in [-0.15, -0.1) is 5.10 Å². The Kier molecular flexibility index (Phi) is 4.37. The van der Waals surface area contributed by atoms with Crippen LogP contribution >= 0.6 is 11.6 Å². The van der Waals surface area contributed by atoms with E-state index < -0.39 is 6.04 Å². The summed E-state index contributed by atoms with van der Waals surface area (Å²) in [5.74, 6) is 0.0797. The van der Waals surface area contributed by atoms with Crippen LogP contribution in [0.4, 0.5) is 11.6 Å². The minimum Gasteiger partial charge on any atom is -0.324 e. The minimum absolute atomic E-state index is 0.0178. The number of carbonyl (C=O) groups excluding carboxylic acids is 2. The van der Waals surface area contributed by atoms with Gasteiger partial charge in [-0.1, -0.05) is 48.0 Å². The van der Waals surface area contributed by atoms with E-state index in [4.69, 9.17) is 11.6 Å². The summed E-state index contributed by atoms with van der Waals surface area (Å²) in [7, 11) is 0. The van der Waals surface area contributed by atoms with Crippen LogP contribution in [-0.4, -0.2) is 26.6 Å². The molecule has 27 heavy (non-hydrogen) atoms. The standard InChI is InChI=1S/C19H16ClN5O2/c1-11-13(20)8-5-9-14(11)21-18(27)15-10-16(26)22-19-23-17(24-25(15)19)12-6-3-2-4-7-12/h2-9,15H,10H2,1H3,(H,21,27)(H,22,23,24,26). The first-order valence-electron chi connectivity index (χ1n) is 8.41. The molecule has 0 saturated heterocycles. The minimum atomic E-state index is -0.794. The molecule has 2 N–H and O–H groups in total. The quantitative estimate of drug-likeness (QED) is 0.727. The van der Waals surface area contributed by atoms with Crippen molar-refractivity contribution in [2.75, 3.05) is 10.6 Å². The van der Waals surface area contributed by atoms with E-state index in [0.29, 0.717) is 16.5 Å². The molecule has 1 aliphatic heterocycles. The third kappa shape index (κ3) is 3.29. The van der Waals surface area contributed by atoms with Crippen LogP contribution in [0.15, 0.2) is 48.5 Å². The fourth-order valence-corrected chi connectivity index (χ4v) is 3.11. The molecule has 1 aromatic heterocycles. The third-order valence-corrected chi connectivity index (χ3v) is 4.83. The number of rotatable bonds is 3. The molecule has 1 atom stereocenters. The SMILES string of the molecule is Cc1c(Cl)cccc1NC(=O)C1CC(=O)Nc2nc(-c3ccccc3)nn21. The van der Waals surface area contributed by atoms with Crippen molar-refractivity contribution in [3.63, 3.8) is 0 Å². The molecule has 2 aromatic carbocycles. The smallest absolute Gasteiger partial charge is 0.249 e. The van der Waals surface area contributed by atoms with Gasteiger partial charge in [-0.3, -0.25) is 14.9 Å². The van der Waals surface area contributed by atoms with Gasteiger partial charge in [0.15, 0.2) is 5.82 Å². The first kappa shape index (κ1) is 17.2. The van der Waals surface area contributed by atoms with Gasteiger partial charge in [-0.25, -0.2) is 4.68 Å². The van der Waals surface area contributed by atoms with Crippen molar-refractivity contribution in [2.24, 2.45) is 0 Å². The number of nitrogens with one attached hydrogen (secondary N) is 2. The van der Waals surface area contributed by atoms with Gasteiger partial charge in [-0.05, 0) is 24.6 Å². The van der Waals surface area contributed by atoms with Gasteiger partial charge in [0.25, 0.3) is 0 Å². The van der Waals surface area contributed by atoms with Crippen molar-refractivity contribution in [1.29, 1.82) is 0 Å². The van der Waals surface area contributed by atoms with Gasteiger partial charge in [-0.2, -0.15) is 4.98 Å². The first-order chi connectivity index (χ1) is 13.0. The lowest BCUT2D eigenvalue weighted by Crippen LogP contribution is -2.36. The number of hydrogen-bond acceptors (Lipinski definition) is 4. The van der Waals surface area contributed by atoms with Gasteiger partial charge in [0.2, 0.25) is 17.8 Å². The molecule has 0 spiro atoms. The van der Waals surface area contributed by atoms with Crippen molar-refractivity contribution in [3.05, 3.63) is 59.1 Å². The van der Waals surface area contributed by atoms with E-state index in [0.717, 1.165) is 11.1 Å². The van der Waals surface area contributed by atoms with Crippen LogP contribution in [0.1, 0.15) is 18.0 Å². The van der Waals surface area contributed by atoms with Gasteiger partial charge in [0, 0.05) is 16.3 Å². The predicted octanol–water partition coefficient (Wildman–Crippen LogP) is 3.43. The second kappa shape index (κ2) is 6.85. The number of benzene rings is 2. The van der Waals surface area contributed by atoms with Crippen LogP contribution in [0.5, 0.6) is 0 Å². The molecule has 0 bridgehead atoms. The molecular formula is C19H16ClN5O2. The Balaban J connectivity index is 1.66. The number of fused-ring (bicyclic) bond motifs is 1. The lowest BCUT2D eigenvalue weighted by Gasteiger charge is -2.23. The number of halogens is 1. The second-order valence-electron chi connectivity index (χ2n) is 6.24. The van der Waals surface area contributed by atoms with Crippen LogP contribution in [0.25, 0.3) is 11.4 Å². The highest BCUT2D eigenvalue weighted by atomic mass is 35.5. The summed E-state index contributed by atoms with van der Waals surface area (Å²) in [6.07, 6.45) is -0.0178. The number of anilines is 2. The average Bonchev–Trinajstić information content (AvgIpc) is 3.09. The predicted molar refractivity (Wildman–Crippen MR) is 103 cm³/mol. The number of hydrogen-bond donors (Lipinski definition) is 2. The van der Waals surface area contributed by atoms with Crippen molar-refractivity contribution in [2.45, 2.75) is 19.4 Å². The van der Waals surface area contributed by atoms with Crippen molar-refractivity contribution >= 4 is 35.1 Å². The summed E-state index contributed by atoms with van der Waals surface area (Å²) in [5, 5.41) is 10.5. The lowest BCUT2D eigenvalue weighted by atomic mass is 10.1. The molecule has 1 aliphatic rings. The van der Waals surface area contributed by atoms with Crippen LogP contribution in [-0.2, 0) is 9.59 Å². The number of nitrogens with zero attached hydrogens (tertiary/aromatic N) is 3. The summed E-state index contributed by atoms with van der Waals surface area (Å²) in [5.41, 5.74) is 2.17. The molecule has 0 radical (unpaired) electrons. The molecule has 4 rings (SSSR count). The zero-order valence-corrected chi connectivity index (χ0v) is 15.2.